The van der Waals surface area contributed by atoms with E-state index in [0.29, 0.717) is 5.92 Å². The molecule has 0 heterocycles. The maximum Gasteiger partial charge on any atom is 0.0726 e. The van der Waals surface area contributed by atoms with Crippen molar-refractivity contribution in [1.82, 2.24) is 0 Å². The molecule has 16 heavy (non-hydrogen) atoms. The molecule has 2 rings (SSSR count). The largest absolute Gasteiger partial charge is 0.389 e. The molecule has 1 aromatic carbocycles. The smallest absolute Gasteiger partial charge is 0.0726 e. The minimum atomic E-state index is -0.242. The van der Waals surface area contributed by atoms with E-state index in [1.807, 2.05) is 6.08 Å². The van der Waals surface area contributed by atoms with Crippen molar-refractivity contribution in [3.8, 4) is 0 Å². The van der Waals surface area contributed by atoms with Gasteiger partial charge in [0.15, 0.2) is 0 Å². The number of rotatable bonds is 2. The van der Waals surface area contributed by atoms with Crippen LogP contribution in [0.4, 0.5) is 0 Å². The van der Waals surface area contributed by atoms with E-state index in [-0.39, 0.29) is 6.10 Å². The lowest BCUT2D eigenvalue weighted by atomic mass is 9.91. The Hall–Kier alpha value is -1.08. The molecule has 0 bridgehead atoms. The van der Waals surface area contributed by atoms with Gasteiger partial charge in [-0.25, -0.2) is 0 Å². The predicted octanol–water partition coefficient (Wildman–Crippen LogP) is 3.74. The zero-order chi connectivity index (χ0) is 11.5. The Balaban J connectivity index is 2.21. The molecule has 0 radical (unpaired) electrons. The van der Waals surface area contributed by atoms with E-state index in [4.69, 9.17) is 0 Å². The van der Waals surface area contributed by atoms with Crippen LogP contribution in [0.3, 0.4) is 0 Å². The van der Waals surface area contributed by atoms with E-state index in [2.05, 4.69) is 38.1 Å². The zero-order valence-corrected chi connectivity index (χ0v) is 10.1. The first-order valence-corrected chi connectivity index (χ1v) is 6.16. The Kier molecular flexibility index (Phi) is 3.45. The summed E-state index contributed by atoms with van der Waals surface area (Å²) >= 11 is 0. The standard InChI is InChI=1S/C15H20O/c1-11(2)12-6-8-13(9-7-12)14-4-3-5-15(16)10-14/h6-11,15-16H,3-5H2,1-2H3. The Labute approximate surface area is 97.8 Å². The van der Waals surface area contributed by atoms with Crippen LogP contribution in [-0.4, -0.2) is 11.2 Å². The predicted molar refractivity (Wildman–Crippen MR) is 68.4 cm³/mol. The first-order valence-electron chi connectivity index (χ1n) is 6.16. The highest BCUT2D eigenvalue weighted by atomic mass is 16.3. The lowest BCUT2D eigenvalue weighted by Gasteiger charge is -2.17. The molecule has 0 spiro atoms. The number of benzene rings is 1. The van der Waals surface area contributed by atoms with Gasteiger partial charge in [0.05, 0.1) is 6.10 Å². The fourth-order valence-corrected chi connectivity index (χ4v) is 2.22. The van der Waals surface area contributed by atoms with Crippen molar-refractivity contribution >= 4 is 5.57 Å². The summed E-state index contributed by atoms with van der Waals surface area (Å²) in [5.74, 6) is 0.583. The molecule has 1 unspecified atom stereocenters. The van der Waals surface area contributed by atoms with Crippen LogP contribution in [0.15, 0.2) is 30.3 Å². The molecule has 0 saturated heterocycles. The lowest BCUT2D eigenvalue weighted by Crippen LogP contribution is -2.08. The summed E-state index contributed by atoms with van der Waals surface area (Å²) in [6.07, 6.45) is 4.87. The Bertz CT molecular complexity index is 373. The molecule has 1 aliphatic carbocycles. The van der Waals surface area contributed by atoms with Crippen molar-refractivity contribution in [2.45, 2.75) is 45.1 Å². The molecule has 1 N–H and O–H groups in total. The molecular formula is C15H20O. The van der Waals surface area contributed by atoms with Crippen LogP contribution in [0.2, 0.25) is 0 Å². The van der Waals surface area contributed by atoms with Gasteiger partial charge < -0.3 is 5.11 Å². The van der Waals surface area contributed by atoms with Gasteiger partial charge in [-0.05, 0) is 41.9 Å². The fourth-order valence-electron chi connectivity index (χ4n) is 2.22. The van der Waals surface area contributed by atoms with Gasteiger partial charge in [-0.2, -0.15) is 0 Å². The molecular weight excluding hydrogens is 196 g/mol. The normalized spacial score (nSPS) is 21.0. The topological polar surface area (TPSA) is 20.2 Å². The van der Waals surface area contributed by atoms with Gasteiger partial charge in [0.25, 0.3) is 0 Å². The van der Waals surface area contributed by atoms with Crippen LogP contribution in [0.5, 0.6) is 0 Å². The van der Waals surface area contributed by atoms with Crippen LogP contribution in [0.1, 0.15) is 50.2 Å². The Morgan fingerprint density at radius 2 is 1.88 bits per heavy atom. The maximum absolute atomic E-state index is 9.61. The van der Waals surface area contributed by atoms with Crippen molar-refractivity contribution in [2.24, 2.45) is 0 Å². The summed E-state index contributed by atoms with van der Waals surface area (Å²) in [4.78, 5) is 0. The molecule has 1 aliphatic rings. The molecule has 86 valence electrons. The van der Waals surface area contributed by atoms with Crippen molar-refractivity contribution in [2.75, 3.05) is 0 Å². The summed E-state index contributed by atoms with van der Waals surface area (Å²) < 4.78 is 0. The number of allylic oxidation sites excluding steroid dienone is 1. The quantitative estimate of drug-likeness (QED) is 0.798. The van der Waals surface area contributed by atoms with Crippen molar-refractivity contribution in [3.05, 3.63) is 41.5 Å². The van der Waals surface area contributed by atoms with Gasteiger partial charge in [0, 0.05) is 0 Å². The van der Waals surface area contributed by atoms with Gasteiger partial charge >= 0.3 is 0 Å². The summed E-state index contributed by atoms with van der Waals surface area (Å²) in [5.41, 5.74) is 3.94. The van der Waals surface area contributed by atoms with E-state index in [1.54, 1.807) is 0 Å². The Morgan fingerprint density at radius 3 is 2.44 bits per heavy atom. The number of aliphatic hydroxyl groups is 1. The zero-order valence-electron chi connectivity index (χ0n) is 10.1. The number of aliphatic hydroxyl groups excluding tert-OH is 1. The van der Waals surface area contributed by atoms with Gasteiger partial charge in [-0.15, -0.1) is 0 Å². The van der Waals surface area contributed by atoms with Crippen LogP contribution in [-0.2, 0) is 0 Å². The van der Waals surface area contributed by atoms with E-state index < -0.39 is 0 Å². The molecule has 1 aromatic rings. The third-order valence-electron chi connectivity index (χ3n) is 3.29. The third-order valence-corrected chi connectivity index (χ3v) is 3.29. The highest BCUT2D eigenvalue weighted by Gasteiger charge is 2.12. The summed E-state index contributed by atoms with van der Waals surface area (Å²) in [6, 6.07) is 8.75. The average molecular weight is 216 g/mol. The number of hydrogen-bond acceptors (Lipinski definition) is 1. The van der Waals surface area contributed by atoms with Crippen molar-refractivity contribution in [1.29, 1.82) is 0 Å². The SMILES string of the molecule is CC(C)c1ccc(C2=CC(O)CCC2)cc1. The van der Waals surface area contributed by atoms with Crippen LogP contribution < -0.4 is 0 Å². The molecule has 1 nitrogen and oxygen atoms in total. The van der Waals surface area contributed by atoms with E-state index >= 15 is 0 Å². The monoisotopic (exact) mass is 216 g/mol. The second-order valence-corrected chi connectivity index (χ2v) is 4.93. The van der Waals surface area contributed by atoms with Crippen LogP contribution in [0.25, 0.3) is 5.57 Å². The minimum absolute atomic E-state index is 0.242. The first kappa shape index (κ1) is 11.4. The van der Waals surface area contributed by atoms with Crippen molar-refractivity contribution < 1.29 is 5.11 Å². The summed E-state index contributed by atoms with van der Waals surface area (Å²) in [7, 11) is 0. The summed E-state index contributed by atoms with van der Waals surface area (Å²) in [5, 5.41) is 9.61. The van der Waals surface area contributed by atoms with Crippen LogP contribution in [0, 0.1) is 0 Å². The van der Waals surface area contributed by atoms with Crippen molar-refractivity contribution in [3.63, 3.8) is 0 Å². The summed E-state index contributed by atoms with van der Waals surface area (Å²) in [6.45, 7) is 4.41. The van der Waals surface area contributed by atoms with Gasteiger partial charge in [-0.3, -0.25) is 0 Å². The van der Waals surface area contributed by atoms with E-state index in [0.717, 1.165) is 19.3 Å². The lowest BCUT2D eigenvalue weighted by molar-refractivity contribution is 0.206. The molecule has 1 heteroatoms. The molecule has 0 saturated carbocycles. The highest BCUT2D eigenvalue weighted by molar-refractivity contribution is 5.67. The van der Waals surface area contributed by atoms with E-state index in [9.17, 15) is 5.11 Å². The first-order chi connectivity index (χ1) is 7.66. The van der Waals surface area contributed by atoms with Gasteiger partial charge in [-0.1, -0.05) is 44.2 Å². The highest BCUT2D eigenvalue weighted by Crippen LogP contribution is 2.27. The number of hydrogen-bond donors (Lipinski definition) is 1. The Morgan fingerprint density at radius 1 is 1.19 bits per heavy atom. The van der Waals surface area contributed by atoms with E-state index in [1.165, 1.54) is 16.7 Å². The fraction of sp³-hybridized carbons (Fsp3) is 0.467. The third kappa shape index (κ3) is 2.53. The molecule has 0 aromatic heterocycles. The second-order valence-electron chi connectivity index (χ2n) is 4.93. The minimum Gasteiger partial charge on any atom is -0.389 e. The van der Waals surface area contributed by atoms with Gasteiger partial charge in [0.2, 0.25) is 0 Å². The van der Waals surface area contributed by atoms with Crippen LogP contribution >= 0.6 is 0 Å². The average Bonchev–Trinajstić information content (AvgIpc) is 2.29. The second kappa shape index (κ2) is 4.84. The molecule has 0 fully saturated rings. The maximum atomic E-state index is 9.61. The molecule has 1 atom stereocenters. The molecule has 0 aliphatic heterocycles. The molecule has 0 amide bonds. The van der Waals surface area contributed by atoms with Gasteiger partial charge in [0.1, 0.15) is 0 Å².